The number of nitrogens with zero attached hydrogens (tertiary/aromatic N) is 1. The van der Waals surface area contributed by atoms with E-state index in [0.717, 1.165) is 11.8 Å². The van der Waals surface area contributed by atoms with E-state index in [1.54, 1.807) is 13.8 Å². The normalized spacial score (nSPS) is 12.2. The first-order valence-corrected chi connectivity index (χ1v) is 6.34. The van der Waals surface area contributed by atoms with Crippen molar-refractivity contribution in [2.45, 2.75) is 19.9 Å². The van der Waals surface area contributed by atoms with Gasteiger partial charge in [-0.2, -0.15) is 0 Å². The van der Waals surface area contributed by atoms with Crippen molar-refractivity contribution in [3.05, 3.63) is 59.4 Å². The molecule has 0 saturated carbocycles. The molecule has 0 aliphatic rings. The number of benzene rings is 1. The Morgan fingerprint density at radius 3 is 2.55 bits per heavy atom. The highest BCUT2D eigenvalue weighted by atomic mass is 19.2. The maximum absolute atomic E-state index is 13.8. The maximum Gasteiger partial charge on any atom is 0.358 e. The Bertz CT molecular complexity index is 608. The number of hydrogen-bond donors (Lipinski definition) is 0. The Labute approximate surface area is 115 Å². The third kappa shape index (κ3) is 2.57. The summed E-state index contributed by atoms with van der Waals surface area (Å²) in [4.78, 5) is 11.8. The zero-order valence-electron chi connectivity index (χ0n) is 11.3. The molecule has 0 spiro atoms. The van der Waals surface area contributed by atoms with Gasteiger partial charge in [-0.1, -0.05) is 30.3 Å². The lowest BCUT2D eigenvalue weighted by atomic mass is 10.1. The van der Waals surface area contributed by atoms with Crippen LogP contribution in [0, 0.1) is 11.6 Å². The van der Waals surface area contributed by atoms with Crippen molar-refractivity contribution in [2.24, 2.45) is 0 Å². The van der Waals surface area contributed by atoms with Crippen molar-refractivity contribution < 1.29 is 18.3 Å². The van der Waals surface area contributed by atoms with E-state index < -0.39 is 17.6 Å². The minimum absolute atomic E-state index is 0.102. The highest BCUT2D eigenvalue weighted by Gasteiger charge is 2.26. The van der Waals surface area contributed by atoms with Gasteiger partial charge < -0.3 is 9.30 Å². The molecule has 0 amide bonds. The van der Waals surface area contributed by atoms with E-state index in [1.807, 2.05) is 30.3 Å². The molecule has 0 saturated heterocycles. The average molecular weight is 279 g/mol. The topological polar surface area (TPSA) is 31.2 Å². The molecule has 2 aromatic rings. The third-order valence-electron chi connectivity index (χ3n) is 3.10. The van der Waals surface area contributed by atoms with Crippen LogP contribution in [0.1, 0.15) is 35.9 Å². The van der Waals surface area contributed by atoms with Crippen LogP contribution in [0.3, 0.4) is 0 Å². The fourth-order valence-electron chi connectivity index (χ4n) is 2.06. The van der Waals surface area contributed by atoms with Crippen LogP contribution in [0.5, 0.6) is 0 Å². The van der Waals surface area contributed by atoms with E-state index in [-0.39, 0.29) is 18.3 Å². The number of hydrogen-bond acceptors (Lipinski definition) is 2. The number of halogens is 2. The number of rotatable bonds is 4. The van der Waals surface area contributed by atoms with Crippen molar-refractivity contribution >= 4 is 5.97 Å². The van der Waals surface area contributed by atoms with E-state index in [1.165, 1.54) is 4.57 Å². The molecule has 0 unspecified atom stereocenters. The second-order valence-electron chi connectivity index (χ2n) is 4.35. The van der Waals surface area contributed by atoms with Crippen molar-refractivity contribution in [3.8, 4) is 0 Å². The van der Waals surface area contributed by atoms with Gasteiger partial charge in [0.1, 0.15) is 0 Å². The maximum atomic E-state index is 13.8. The summed E-state index contributed by atoms with van der Waals surface area (Å²) >= 11 is 0. The van der Waals surface area contributed by atoms with Gasteiger partial charge in [0.15, 0.2) is 17.3 Å². The number of carbonyl (C=O) groups excluding carboxylic acids is 1. The molecule has 106 valence electrons. The quantitative estimate of drug-likeness (QED) is 0.801. The molecule has 5 heteroatoms. The van der Waals surface area contributed by atoms with Crippen molar-refractivity contribution in [3.63, 3.8) is 0 Å². The smallest absolute Gasteiger partial charge is 0.358 e. The second kappa shape index (κ2) is 5.86. The van der Waals surface area contributed by atoms with Gasteiger partial charge in [0.05, 0.1) is 12.6 Å². The van der Waals surface area contributed by atoms with Gasteiger partial charge in [-0.05, 0) is 19.4 Å². The van der Waals surface area contributed by atoms with Crippen LogP contribution in [0.15, 0.2) is 36.5 Å². The molecule has 0 N–H and O–H groups in total. The highest BCUT2D eigenvalue weighted by molar-refractivity contribution is 5.88. The number of esters is 1. The third-order valence-corrected chi connectivity index (χ3v) is 3.10. The molecular weight excluding hydrogens is 264 g/mol. The predicted octanol–water partition coefficient (Wildman–Crippen LogP) is 3.55. The predicted molar refractivity (Wildman–Crippen MR) is 70.6 cm³/mol. The van der Waals surface area contributed by atoms with Gasteiger partial charge >= 0.3 is 5.97 Å². The van der Waals surface area contributed by atoms with Gasteiger partial charge in [-0.15, -0.1) is 0 Å². The van der Waals surface area contributed by atoms with Crippen LogP contribution < -0.4 is 0 Å². The Balaban J connectivity index is 2.46. The molecule has 0 aliphatic carbocycles. The summed E-state index contributed by atoms with van der Waals surface area (Å²) in [6, 6.07) is 8.78. The van der Waals surface area contributed by atoms with Crippen LogP contribution >= 0.6 is 0 Å². The van der Waals surface area contributed by atoms with E-state index in [0.29, 0.717) is 0 Å². The number of ether oxygens (including phenoxy) is 1. The molecule has 3 nitrogen and oxygen atoms in total. The summed E-state index contributed by atoms with van der Waals surface area (Å²) in [7, 11) is 0. The lowest BCUT2D eigenvalue weighted by Crippen LogP contribution is -2.16. The Morgan fingerprint density at radius 2 is 1.95 bits per heavy atom. The lowest BCUT2D eigenvalue weighted by Gasteiger charge is -2.16. The highest BCUT2D eigenvalue weighted by Crippen LogP contribution is 2.24. The Morgan fingerprint density at radius 1 is 1.30 bits per heavy atom. The number of carbonyl (C=O) groups is 1. The first kappa shape index (κ1) is 14.2. The summed E-state index contributed by atoms with van der Waals surface area (Å²) in [6.07, 6.45) is 0.985. The SMILES string of the molecule is CCOC(=O)c1c(F)c(F)cn1[C@H](C)c1ccccc1. The monoisotopic (exact) mass is 279 g/mol. The zero-order valence-corrected chi connectivity index (χ0v) is 11.3. The van der Waals surface area contributed by atoms with Crippen LogP contribution in [-0.4, -0.2) is 17.1 Å². The molecule has 0 fully saturated rings. The lowest BCUT2D eigenvalue weighted by molar-refractivity contribution is 0.0506. The first-order valence-electron chi connectivity index (χ1n) is 6.34. The summed E-state index contributed by atoms with van der Waals surface area (Å²) in [5.74, 6) is -3.10. The summed E-state index contributed by atoms with van der Waals surface area (Å²) in [6.45, 7) is 3.47. The largest absolute Gasteiger partial charge is 0.461 e. The van der Waals surface area contributed by atoms with E-state index >= 15 is 0 Å². The summed E-state index contributed by atoms with van der Waals surface area (Å²) in [5.41, 5.74) is 0.453. The molecule has 2 rings (SSSR count). The van der Waals surface area contributed by atoms with Gasteiger partial charge in [0.25, 0.3) is 0 Å². The van der Waals surface area contributed by atoms with E-state index in [9.17, 15) is 13.6 Å². The summed E-state index contributed by atoms with van der Waals surface area (Å²) in [5, 5.41) is 0. The van der Waals surface area contributed by atoms with Crippen LogP contribution in [-0.2, 0) is 4.74 Å². The molecule has 20 heavy (non-hydrogen) atoms. The second-order valence-corrected chi connectivity index (χ2v) is 4.35. The van der Waals surface area contributed by atoms with Gasteiger partial charge in [-0.3, -0.25) is 0 Å². The fraction of sp³-hybridized carbons (Fsp3) is 0.267. The molecule has 1 aromatic carbocycles. The standard InChI is InChI=1S/C15H15F2NO2/c1-3-20-15(19)14-13(17)12(16)9-18(14)10(2)11-7-5-4-6-8-11/h4-10H,3H2,1-2H3/t10-/m1/s1. The number of aromatic nitrogens is 1. The Kier molecular flexibility index (Phi) is 4.17. The average Bonchev–Trinajstić information content (AvgIpc) is 2.75. The van der Waals surface area contributed by atoms with E-state index in [2.05, 4.69) is 0 Å². The van der Waals surface area contributed by atoms with Crippen LogP contribution in [0.2, 0.25) is 0 Å². The molecule has 0 bridgehead atoms. The molecule has 1 heterocycles. The summed E-state index contributed by atoms with van der Waals surface area (Å²) < 4.78 is 33.3. The van der Waals surface area contributed by atoms with Crippen molar-refractivity contribution in [1.82, 2.24) is 4.57 Å². The van der Waals surface area contributed by atoms with Gasteiger partial charge in [0.2, 0.25) is 0 Å². The van der Waals surface area contributed by atoms with Gasteiger partial charge in [0, 0.05) is 6.20 Å². The van der Waals surface area contributed by atoms with Crippen LogP contribution in [0.4, 0.5) is 8.78 Å². The van der Waals surface area contributed by atoms with Crippen molar-refractivity contribution in [1.29, 1.82) is 0 Å². The molecular formula is C15H15F2NO2. The molecule has 1 aromatic heterocycles. The zero-order chi connectivity index (χ0) is 14.7. The first-order chi connectivity index (χ1) is 9.56. The Hall–Kier alpha value is -2.17. The van der Waals surface area contributed by atoms with Crippen LogP contribution in [0.25, 0.3) is 0 Å². The molecule has 0 radical (unpaired) electrons. The van der Waals surface area contributed by atoms with Crippen molar-refractivity contribution in [2.75, 3.05) is 6.61 Å². The van der Waals surface area contributed by atoms with Gasteiger partial charge in [-0.25, -0.2) is 13.6 Å². The minimum Gasteiger partial charge on any atom is -0.461 e. The van der Waals surface area contributed by atoms with E-state index in [4.69, 9.17) is 4.74 Å². The minimum atomic E-state index is -1.17. The molecule has 1 atom stereocenters. The molecule has 0 aliphatic heterocycles. The fourth-order valence-corrected chi connectivity index (χ4v) is 2.06.